The average Bonchev–Trinajstić information content (AvgIpc) is 3.24. The highest BCUT2D eigenvalue weighted by atomic mass is 16.5. The van der Waals surface area contributed by atoms with Crippen LogP contribution in [0.3, 0.4) is 0 Å². The first-order chi connectivity index (χ1) is 11.7. The number of aromatic nitrogens is 2. The van der Waals surface area contributed by atoms with Crippen LogP contribution in [0.2, 0.25) is 0 Å². The topological polar surface area (TPSA) is 71.7 Å². The fourth-order valence-corrected chi connectivity index (χ4v) is 3.14. The van der Waals surface area contributed by atoms with Crippen LogP contribution in [-0.4, -0.2) is 54.4 Å². The SMILES string of the molecule is COC(=O)c1ccc(CN(C)CC2CCCN2c2cccnn2)o1. The van der Waals surface area contributed by atoms with Gasteiger partial charge in [0.25, 0.3) is 0 Å². The van der Waals surface area contributed by atoms with Crippen LogP contribution < -0.4 is 4.90 Å². The number of furan rings is 1. The highest BCUT2D eigenvalue weighted by molar-refractivity contribution is 5.86. The van der Waals surface area contributed by atoms with Crippen LogP contribution in [0, 0.1) is 0 Å². The number of esters is 1. The molecule has 2 aromatic heterocycles. The Labute approximate surface area is 141 Å². The van der Waals surface area contributed by atoms with Crippen LogP contribution in [0.4, 0.5) is 5.82 Å². The Morgan fingerprint density at radius 2 is 2.33 bits per heavy atom. The smallest absolute Gasteiger partial charge is 0.373 e. The lowest BCUT2D eigenvalue weighted by atomic mass is 10.2. The van der Waals surface area contributed by atoms with E-state index < -0.39 is 5.97 Å². The third-order valence-electron chi connectivity index (χ3n) is 4.23. The summed E-state index contributed by atoms with van der Waals surface area (Å²) in [5, 5.41) is 8.20. The van der Waals surface area contributed by atoms with Crippen molar-refractivity contribution in [1.82, 2.24) is 15.1 Å². The van der Waals surface area contributed by atoms with Crippen molar-refractivity contribution >= 4 is 11.8 Å². The number of methoxy groups -OCH3 is 1. The van der Waals surface area contributed by atoms with Crippen molar-refractivity contribution in [3.8, 4) is 0 Å². The van der Waals surface area contributed by atoms with Gasteiger partial charge in [-0.15, -0.1) is 5.10 Å². The summed E-state index contributed by atoms with van der Waals surface area (Å²) >= 11 is 0. The van der Waals surface area contributed by atoms with E-state index in [-0.39, 0.29) is 5.76 Å². The van der Waals surface area contributed by atoms with Gasteiger partial charge in [0, 0.05) is 25.3 Å². The first kappa shape index (κ1) is 16.4. The van der Waals surface area contributed by atoms with E-state index in [0.717, 1.165) is 37.5 Å². The molecule has 0 amide bonds. The molecule has 1 aliphatic rings. The van der Waals surface area contributed by atoms with Gasteiger partial charge in [0.2, 0.25) is 5.76 Å². The zero-order valence-electron chi connectivity index (χ0n) is 14.0. The Hall–Kier alpha value is -2.41. The number of anilines is 1. The predicted molar refractivity (Wildman–Crippen MR) is 88.8 cm³/mol. The molecule has 1 aliphatic heterocycles. The van der Waals surface area contributed by atoms with E-state index in [1.807, 2.05) is 25.2 Å². The lowest BCUT2D eigenvalue weighted by Crippen LogP contribution is -2.39. The van der Waals surface area contributed by atoms with Gasteiger partial charge in [-0.3, -0.25) is 4.90 Å². The summed E-state index contributed by atoms with van der Waals surface area (Å²) in [7, 11) is 3.39. The van der Waals surface area contributed by atoms with Crippen LogP contribution in [0.5, 0.6) is 0 Å². The van der Waals surface area contributed by atoms with Crippen LogP contribution in [-0.2, 0) is 11.3 Å². The maximum atomic E-state index is 11.4. The number of hydrogen-bond acceptors (Lipinski definition) is 7. The van der Waals surface area contributed by atoms with Gasteiger partial charge >= 0.3 is 5.97 Å². The highest BCUT2D eigenvalue weighted by Gasteiger charge is 2.27. The quantitative estimate of drug-likeness (QED) is 0.750. The van der Waals surface area contributed by atoms with Gasteiger partial charge in [-0.05, 0) is 44.2 Å². The minimum atomic E-state index is -0.450. The highest BCUT2D eigenvalue weighted by Crippen LogP contribution is 2.24. The summed E-state index contributed by atoms with van der Waals surface area (Å²) < 4.78 is 10.2. The van der Waals surface area contributed by atoms with Crippen LogP contribution in [0.25, 0.3) is 0 Å². The second kappa shape index (κ2) is 7.44. The van der Waals surface area contributed by atoms with Crippen molar-refractivity contribution < 1.29 is 13.9 Å². The summed E-state index contributed by atoms with van der Waals surface area (Å²) in [6.45, 7) is 2.54. The number of rotatable bonds is 6. The number of nitrogens with zero attached hydrogens (tertiary/aromatic N) is 4. The van der Waals surface area contributed by atoms with Gasteiger partial charge in [0.05, 0.1) is 13.7 Å². The van der Waals surface area contributed by atoms with E-state index in [1.54, 1.807) is 12.3 Å². The van der Waals surface area contributed by atoms with Crippen molar-refractivity contribution in [3.63, 3.8) is 0 Å². The van der Waals surface area contributed by atoms with Gasteiger partial charge in [-0.1, -0.05) is 0 Å². The maximum Gasteiger partial charge on any atom is 0.373 e. The fourth-order valence-electron chi connectivity index (χ4n) is 3.14. The summed E-state index contributed by atoms with van der Waals surface area (Å²) in [6.07, 6.45) is 3.98. The molecule has 128 valence electrons. The van der Waals surface area contributed by atoms with Gasteiger partial charge < -0.3 is 14.1 Å². The Bertz CT molecular complexity index is 673. The van der Waals surface area contributed by atoms with Crippen molar-refractivity contribution in [2.75, 3.05) is 32.1 Å². The van der Waals surface area contributed by atoms with Crippen LogP contribution >= 0.6 is 0 Å². The molecule has 3 rings (SSSR count). The van der Waals surface area contributed by atoms with Gasteiger partial charge in [-0.2, -0.15) is 5.10 Å². The summed E-state index contributed by atoms with van der Waals surface area (Å²) in [5.41, 5.74) is 0. The molecule has 7 heteroatoms. The maximum absolute atomic E-state index is 11.4. The predicted octanol–water partition coefficient (Wildman–Crippen LogP) is 1.96. The van der Waals surface area contributed by atoms with E-state index in [0.29, 0.717) is 12.6 Å². The number of carbonyl (C=O) groups is 1. The standard InChI is InChI=1S/C17H22N4O3/c1-20(12-14-7-8-15(24-14)17(22)23-2)11-13-5-4-10-21(13)16-6-3-9-18-19-16/h3,6-9,13H,4-5,10-12H2,1-2H3. The molecule has 0 aromatic carbocycles. The Balaban J connectivity index is 1.59. The normalized spacial score (nSPS) is 17.5. The third-order valence-corrected chi connectivity index (χ3v) is 4.23. The molecule has 1 unspecified atom stereocenters. The Kier molecular flexibility index (Phi) is 5.10. The van der Waals surface area contributed by atoms with E-state index in [2.05, 4.69) is 24.7 Å². The lowest BCUT2D eigenvalue weighted by molar-refractivity contribution is 0.0561. The van der Waals surface area contributed by atoms with Crippen molar-refractivity contribution in [2.45, 2.75) is 25.4 Å². The van der Waals surface area contributed by atoms with Crippen LogP contribution in [0.1, 0.15) is 29.2 Å². The second-order valence-corrected chi connectivity index (χ2v) is 6.03. The van der Waals surface area contributed by atoms with Gasteiger partial charge in [0.1, 0.15) is 5.76 Å². The first-order valence-electron chi connectivity index (χ1n) is 8.07. The molecule has 0 saturated carbocycles. The van der Waals surface area contributed by atoms with E-state index in [4.69, 9.17) is 4.42 Å². The minimum absolute atomic E-state index is 0.239. The molecular weight excluding hydrogens is 308 g/mol. The summed E-state index contributed by atoms with van der Waals surface area (Å²) in [4.78, 5) is 15.9. The molecule has 0 bridgehead atoms. The molecular formula is C17H22N4O3. The van der Waals surface area contributed by atoms with Gasteiger partial charge in [0.15, 0.2) is 5.82 Å². The number of ether oxygens (including phenoxy) is 1. The lowest BCUT2D eigenvalue weighted by Gasteiger charge is -2.28. The Morgan fingerprint density at radius 1 is 1.46 bits per heavy atom. The summed E-state index contributed by atoms with van der Waals surface area (Å²) in [6, 6.07) is 7.79. The average molecular weight is 330 g/mol. The molecule has 0 aliphatic carbocycles. The number of hydrogen-bond donors (Lipinski definition) is 0. The molecule has 1 atom stereocenters. The van der Waals surface area contributed by atoms with Crippen LogP contribution in [0.15, 0.2) is 34.9 Å². The van der Waals surface area contributed by atoms with Gasteiger partial charge in [-0.25, -0.2) is 4.79 Å². The monoisotopic (exact) mass is 330 g/mol. The third kappa shape index (κ3) is 3.73. The molecule has 0 radical (unpaired) electrons. The van der Waals surface area contributed by atoms with Crippen molar-refractivity contribution in [2.24, 2.45) is 0 Å². The minimum Gasteiger partial charge on any atom is -0.463 e. The zero-order valence-corrected chi connectivity index (χ0v) is 14.0. The molecule has 7 nitrogen and oxygen atoms in total. The van der Waals surface area contributed by atoms with E-state index in [9.17, 15) is 4.79 Å². The molecule has 1 fully saturated rings. The largest absolute Gasteiger partial charge is 0.463 e. The van der Waals surface area contributed by atoms with E-state index in [1.165, 1.54) is 7.11 Å². The Morgan fingerprint density at radius 3 is 3.08 bits per heavy atom. The molecule has 2 aromatic rings. The number of carbonyl (C=O) groups excluding carboxylic acids is 1. The number of likely N-dealkylation sites (N-methyl/N-ethyl adjacent to an activating group) is 1. The first-order valence-corrected chi connectivity index (χ1v) is 8.07. The summed E-state index contributed by atoms with van der Waals surface area (Å²) in [5.74, 6) is 1.47. The molecule has 0 spiro atoms. The molecule has 3 heterocycles. The zero-order chi connectivity index (χ0) is 16.9. The molecule has 1 saturated heterocycles. The second-order valence-electron chi connectivity index (χ2n) is 6.03. The fraction of sp³-hybridized carbons (Fsp3) is 0.471. The molecule has 0 N–H and O–H groups in total. The van der Waals surface area contributed by atoms with Crippen molar-refractivity contribution in [3.05, 3.63) is 42.0 Å². The van der Waals surface area contributed by atoms with Crippen molar-refractivity contribution in [1.29, 1.82) is 0 Å². The van der Waals surface area contributed by atoms with E-state index >= 15 is 0 Å². The molecule has 24 heavy (non-hydrogen) atoms.